The summed E-state index contributed by atoms with van der Waals surface area (Å²) in [6, 6.07) is 6.08. The number of hydrogen-bond acceptors (Lipinski definition) is 3. The summed E-state index contributed by atoms with van der Waals surface area (Å²) in [5.74, 6) is 0. The second-order valence-corrected chi connectivity index (χ2v) is 7.06. The summed E-state index contributed by atoms with van der Waals surface area (Å²) in [5, 5.41) is 8.84. The first-order chi connectivity index (χ1) is 8.30. The highest BCUT2D eigenvalue weighted by atomic mass is 79.9. The quantitative estimate of drug-likeness (QED) is 0.783. The molecule has 0 saturated heterocycles. The molecule has 0 bridgehead atoms. The highest BCUT2D eigenvalue weighted by Crippen LogP contribution is 2.28. The smallest absolute Gasteiger partial charge is 0.207 e. The normalized spacial score (nSPS) is 11.8. The van der Waals surface area contributed by atoms with Gasteiger partial charge in [-0.15, -0.1) is 0 Å². The van der Waals surface area contributed by atoms with Crippen LogP contribution in [0.1, 0.15) is 13.8 Å². The molecular formula is C11H12BrClN2O2S. The average molecular weight is 352 g/mol. The molecule has 7 heteroatoms. The lowest BCUT2D eigenvalue weighted by Gasteiger charge is -2.23. The lowest BCUT2D eigenvalue weighted by atomic mass is 10.4. The Labute approximate surface area is 120 Å². The van der Waals surface area contributed by atoms with E-state index < -0.39 is 10.0 Å². The molecule has 0 N–H and O–H groups in total. The summed E-state index contributed by atoms with van der Waals surface area (Å²) < 4.78 is 26.6. The summed E-state index contributed by atoms with van der Waals surface area (Å²) in [6.07, 6.45) is 0. The highest BCUT2D eigenvalue weighted by Gasteiger charge is 2.28. The Balaban J connectivity index is 3.32. The standard InChI is InChI=1S/C11H12BrClN2O2S/c1-8(2)15(6-5-14)18(16,17)11-4-3-9(12)7-10(11)13/h3-4,7-8H,6H2,1-2H3. The lowest BCUT2D eigenvalue weighted by molar-refractivity contribution is 0.385. The maximum absolute atomic E-state index is 12.4. The molecule has 0 aromatic heterocycles. The maximum Gasteiger partial charge on any atom is 0.245 e. The van der Waals surface area contributed by atoms with Crippen LogP contribution in [0.15, 0.2) is 27.6 Å². The third kappa shape index (κ3) is 3.23. The largest absolute Gasteiger partial charge is 0.245 e. The molecule has 0 unspecified atom stereocenters. The minimum atomic E-state index is -3.75. The van der Waals surface area contributed by atoms with Crippen LogP contribution in [0.25, 0.3) is 0 Å². The zero-order chi connectivity index (χ0) is 13.9. The number of nitrogens with zero attached hydrogens (tertiary/aromatic N) is 2. The van der Waals surface area contributed by atoms with Gasteiger partial charge in [0.1, 0.15) is 11.4 Å². The Hall–Kier alpha value is -0.610. The second-order valence-electron chi connectivity index (χ2n) is 3.88. The van der Waals surface area contributed by atoms with Gasteiger partial charge in [-0.2, -0.15) is 9.57 Å². The van der Waals surface area contributed by atoms with Crippen molar-refractivity contribution in [3.63, 3.8) is 0 Å². The van der Waals surface area contributed by atoms with Gasteiger partial charge in [0.05, 0.1) is 11.1 Å². The number of sulfonamides is 1. The van der Waals surface area contributed by atoms with Gasteiger partial charge in [0, 0.05) is 10.5 Å². The van der Waals surface area contributed by atoms with E-state index in [1.165, 1.54) is 12.1 Å². The molecule has 0 saturated carbocycles. The third-order valence-corrected chi connectivity index (χ3v) is 5.28. The Morgan fingerprint density at radius 3 is 2.56 bits per heavy atom. The van der Waals surface area contributed by atoms with E-state index in [1.807, 2.05) is 6.07 Å². The summed E-state index contributed by atoms with van der Waals surface area (Å²) >= 11 is 9.16. The molecule has 0 aliphatic rings. The Kier molecular flexibility index (Phi) is 5.17. The van der Waals surface area contributed by atoms with Crippen LogP contribution in [-0.2, 0) is 10.0 Å². The molecule has 0 atom stereocenters. The van der Waals surface area contributed by atoms with Crippen molar-refractivity contribution in [3.05, 3.63) is 27.7 Å². The summed E-state index contributed by atoms with van der Waals surface area (Å²) in [5.41, 5.74) is 0. The van der Waals surface area contributed by atoms with E-state index in [4.69, 9.17) is 16.9 Å². The minimum Gasteiger partial charge on any atom is -0.207 e. The van der Waals surface area contributed by atoms with Crippen LogP contribution in [0.5, 0.6) is 0 Å². The molecular weight excluding hydrogens is 340 g/mol. The van der Waals surface area contributed by atoms with E-state index in [0.29, 0.717) is 4.47 Å². The summed E-state index contributed by atoms with van der Waals surface area (Å²) in [7, 11) is -3.75. The van der Waals surface area contributed by atoms with Gasteiger partial charge in [-0.05, 0) is 32.0 Å². The van der Waals surface area contributed by atoms with E-state index in [2.05, 4.69) is 15.9 Å². The van der Waals surface area contributed by atoms with Gasteiger partial charge in [-0.25, -0.2) is 8.42 Å². The number of hydrogen-bond donors (Lipinski definition) is 0. The fourth-order valence-electron chi connectivity index (χ4n) is 1.43. The van der Waals surface area contributed by atoms with Crippen molar-refractivity contribution in [2.75, 3.05) is 6.54 Å². The summed E-state index contributed by atoms with van der Waals surface area (Å²) in [6.45, 7) is 3.22. The molecule has 98 valence electrons. The lowest BCUT2D eigenvalue weighted by Crippen LogP contribution is -2.37. The molecule has 0 aliphatic carbocycles. The Morgan fingerprint density at radius 1 is 1.50 bits per heavy atom. The fraction of sp³-hybridized carbons (Fsp3) is 0.364. The number of rotatable bonds is 4. The molecule has 4 nitrogen and oxygen atoms in total. The van der Waals surface area contributed by atoms with Crippen molar-refractivity contribution >= 4 is 37.6 Å². The Bertz CT molecular complexity index is 581. The van der Waals surface area contributed by atoms with Crippen molar-refractivity contribution in [3.8, 4) is 6.07 Å². The minimum absolute atomic E-state index is 0.0105. The SMILES string of the molecule is CC(C)N(CC#N)S(=O)(=O)c1ccc(Br)cc1Cl. The van der Waals surface area contributed by atoms with Crippen molar-refractivity contribution in [1.29, 1.82) is 5.26 Å². The van der Waals surface area contributed by atoms with Crippen LogP contribution in [0.2, 0.25) is 5.02 Å². The maximum atomic E-state index is 12.4. The molecule has 0 radical (unpaired) electrons. The molecule has 1 rings (SSSR count). The van der Waals surface area contributed by atoms with E-state index in [0.717, 1.165) is 4.31 Å². The molecule has 0 aliphatic heterocycles. The van der Waals surface area contributed by atoms with Crippen LogP contribution in [0.3, 0.4) is 0 Å². The number of nitriles is 1. The highest BCUT2D eigenvalue weighted by molar-refractivity contribution is 9.10. The van der Waals surface area contributed by atoms with Gasteiger partial charge < -0.3 is 0 Å². The summed E-state index contributed by atoms with van der Waals surface area (Å²) in [4.78, 5) is 0.0105. The van der Waals surface area contributed by atoms with Gasteiger partial charge in [0.2, 0.25) is 10.0 Å². The molecule has 1 aromatic carbocycles. The topological polar surface area (TPSA) is 61.2 Å². The van der Waals surface area contributed by atoms with Gasteiger partial charge >= 0.3 is 0 Å². The van der Waals surface area contributed by atoms with Crippen molar-refractivity contribution in [2.24, 2.45) is 0 Å². The van der Waals surface area contributed by atoms with Gasteiger partial charge in [-0.1, -0.05) is 27.5 Å². The predicted octanol–water partition coefficient (Wildman–Crippen LogP) is 3.03. The van der Waals surface area contributed by atoms with Gasteiger partial charge in [0.25, 0.3) is 0 Å². The van der Waals surface area contributed by atoms with Crippen molar-refractivity contribution in [1.82, 2.24) is 4.31 Å². The van der Waals surface area contributed by atoms with E-state index in [9.17, 15) is 8.42 Å². The molecule has 0 heterocycles. The van der Waals surface area contributed by atoms with Crippen LogP contribution in [0.4, 0.5) is 0 Å². The molecule has 1 aromatic rings. The van der Waals surface area contributed by atoms with Crippen LogP contribution in [0, 0.1) is 11.3 Å². The zero-order valence-electron chi connectivity index (χ0n) is 9.89. The first kappa shape index (κ1) is 15.4. The van der Waals surface area contributed by atoms with Crippen LogP contribution >= 0.6 is 27.5 Å². The third-order valence-electron chi connectivity index (χ3n) is 2.28. The van der Waals surface area contributed by atoms with Crippen LogP contribution in [-0.4, -0.2) is 25.3 Å². The molecule has 0 fully saturated rings. The van der Waals surface area contributed by atoms with E-state index in [-0.39, 0.29) is 22.5 Å². The number of halogens is 2. The first-order valence-corrected chi connectivity index (χ1v) is 7.75. The zero-order valence-corrected chi connectivity index (χ0v) is 13.1. The number of benzene rings is 1. The predicted molar refractivity (Wildman–Crippen MR) is 73.8 cm³/mol. The average Bonchev–Trinajstić information content (AvgIpc) is 2.24. The van der Waals surface area contributed by atoms with Gasteiger partial charge in [0.15, 0.2) is 0 Å². The second kappa shape index (κ2) is 6.02. The van der Waals surface area contributed by atoms with Gasteiger partial charge in [-0.3, -0.25) is 0 Å². The van der Waals surface area contributed by atoms with Crippen LogP contribution < -0.4 is 0 Å². The first-order valence-electron chi connectivity index (χ1n) is 5.14. The Morgan fingerprint density at radius 2 is 2.11 bits per heavy atom. The molecule has 0 amide bonds. The van der Waals surface area contributed by atoms with E-state index in [1.54, 1.807) is 19.9 Å². The monoisotopic (exact) mass is 350 g/mol. The molecule has 0 spiro atoms. The van der Waals surface area contributed by atoms with Crippen molar-refractivity contribution in [2.45, 2.75) is 24.8 Å². The fourth-order valence-corrected chi connectivity index (χ4v) is 3.97. The van der Waals surface area contributed by atoms with E-state index >= 15 is 0 Å². The molecule has 18 heavy (non-hydrogen) atoms. The van der Waals surface area contributed by atoms with Crippen molar-refractivity contribution < 1.29 is 8.42 Å².